The topological polar surface area (TPSA) is 26.0 Å². The molecule has 1 aromatic rings. The van der Waals surface area contributed by atoms with E-state index in [1.807, 2.05) is 0 Å². The van der Waals surface area contributed by atoms with Gasteiger partial charge in [0.1, 0.15) is 0 Å². The van der Waals surface area contributed by atoms with Gasteiger partial charge >= 0.3 is 0 Å². The Bertz CT molecular complexity index is 408. The van der Waals surface area contributed by atoms with Gasteiger partial charge in [0.05, 0.1) is 0 Å². The summed E-state index contributed by atoms with van der Waals surface area (Å²) in [5.41, 5.74) is 11.2. The Labute approximate surface area is 105 Å². The lowest BCUT2D eigenvalue weighted by Crippen LogP contribution is -2.43. The molecular formula is C16H25N. The molecule has 0 unspecified atom stereocenters. The van der Waals surface area contributed by atoms with Crippen molar-refractivity contribution in [3.63, 3.8) is 0 Å². The minimum Gasteiger partial charge on any atom is -0.321 e. The summed E-state index contributed by atoms with van der Waals surface area (Å²) in [4.78, 5) is 0. The van der Waals surface area contributed by atoms with Gasteiger partial charge in [-0.15, -0.1) is 0 Å². The maximum atomic E-state index is 6.67. The Balaban J connectivity index is 2.31. The molecule has 1 aliphatic carbocycles. The van der Waals surface area contributed by atoms with Crippen molar-refractivity contribution in [3.8, 4) is 0 Å². The van der Waals surface area contributed by atoms with E-state index in [0.29, 0.717) is 5.41 Å². The molecule has 1 saturated carbocycles. The summed E-state index contributed by atoms with van der Waals surface area (Å²) in [5.74, 6) is 0. The minimum atomic E-state index is -0.0916. The molecule has 0 spiro atoms. The van der Waals surface area contributed by atoms with Crippen molar-refractivity contribution in [2.45, 2.75) is 58.9 Å². The van der Waals surface area contributed by atoms with Crippen LogP contribution in [0.15, 0.2) is 18.2 Å². The van der Waals surface area contributed by atoms with Gasteiger partial charge in [0.2, 0.25) is 0 Å². The van der Waals surface area contributed by atoms with E-state index in [1.54, 1.807) is 0 Å². The third-order valence-electron chi connectivity index (χ3n) is 4.64. The van der Waals surface area contributed by atoms with Gasteiger partial charge in [0, 0.05) is 5.54 Å². The molecule has 0 heterocycles. The Kier molecular flexibility index (Phi) is 3.07. The van der Waals surface area contributed by atoms with Crippen LogP contribution in [0, 0.1) is 19.3 Å². The maximum absolute atomic E-state index is 6.67. The summed E-state index contributed by atoms with van der Waals surface area (Å²) in [6, 6.07) is 6.54. The fourth-order valence-electron chi connectivity index (χ4n) is 2.93. The molecule has 94 valence electrons. The Morgan fingerprint density at radius 2 is 1.59 bits per heavy atom. The zero-order chi connectivity index (χ0) is 12.7. The van der Waals surface area contributed by atoms with Crippen LogP contribution in [0.2, 0.25) is 0 Å². The van der Waals surface area contributed by atoms with Crippen molar-refractivity contribution in [2.24, 2.45) is 11.1 Å². The van der Waals surface area contributed by atoms with Crippen molar-refractivity contribution in [1.82, 2.24) is 0 Å². The van der Waals surface area contributed by atoms with E-state index in [1.165, 1.54) is 29.5 Å². The molecule has 1 heteroatoms. The van der Waals surface area contributed by atoms with E-state index in [-0.39, 0.29) is 5.54 Å². The van der Waals surface area contributed by atoms with E-state index in [9.17, 15) is 0 Å². The number of benzene rings is 1. The normalized spacial score (nSPS) is 22.4. The van der Waals surface area contributed by atoms with E-state index in [0.717, 1.165) is 12.8 Å². The highest BCUT2D eigenvalue weighted by molar-refractivity contribution is 5.38. The molecular weight excluding hydrogens is 206 g/mol. The minimum absolute atomic E-state index is 0.0916. The number of aryl methyl sites for hydroxylation is 1. The van der Waals surface area contributed by atoms with Gasteiger partial charge in [-0.25, -0.2) is 0 Å². The predicted octanol–water partition coefficient (Wildman–Crippen LogP) is 4.06. The molecule has 1 nitrogen and oxygen atoms in total. The van der Waals surface area contributed by atoms with E-state index >= 15 is 0 Å². The van der Waals surface area contributed by atoms with Gasteiger partial charge in [-0.2, -0.15) is 0 Å². The van der Waals surface area contributed by atoms with Crippen LogP contribution in [-0.4, -0.2) is 0 Å². The summed E-state index contributed by atoms with van der Waals surface area (Å²) in [5, 5.41) is 0. The Morgan fingerprint density at radius 1 is 1.00 bits per heavy atom. The molecule has 0 amide bonds. The molecule has 0 saturated heterocycles. The number of hydrogen-bond donors (Lipinski definition) is 1. The average Bonchev–Trinajstić information content (AvgIpc) is 2.27. The first-order valence-corrected chi connectivity index (χ1v) is 6.70. The highest BCUT2D eigenvalue weighted by Crippen LogP contribution is 2.44. The first kappa shape index (κ1) is 12.6. The lowest BCUT2D eigenvalue weighted by Gasteiger charge is -2.42. The van der Waals surface area contributed by atoms with Gasteiger partial charge in [0.15, 0.2) is 0 Å². The molecule has 0 radical (unpaired) electrons. The van der Waals surface area contributed by atoms with Crippen LogP contribution >= 0.6 is 0 Å². The molecule has 1 aromatic carbocycles. The first-order chi connectivity index (χ1) is 7.84. The van der Waals surface area contributed by atoms with Crippen LogP contribution in [0.1, 0.15) is 56.2 Å². The molecule has 2 N–H and O–H groups in total. The molecule has 0 aromatic heterocycles. The van der Waals surface area contributed by atoms with Crippen LogP contribution in [0.5, 0.6) is 0 Å². The van der Waals surface area contributed by atoms with Crippen molar-refractivity contribution >= 4 is 0 Å². The standard InChI is InChI=1S/C16H25N/c1-12-6-5-7-14(13(12)2)16(17)10-8-15(3,4)9-11-16/h5-7H,8-11,17H2,1-4H3. The quantitative estimate of drug-likeness (QED) is 0.775. The Hall–Kier alpha value is -0.820. The highest BCUT2D eigenvalue weighted by atomic mass is 14.8. The zero-order valence-corrected chi connectivity index (χ0v) is 11.6. The molecule has 1 aliphatic rings. The van der Waals surface area contributed by atoms with Crippen molar-refractivity contribution < 1.29 is 0 Å². The van der Waals surface area contributed by atoms with Crippen molar-refractivity contribution in [2.75, 3.05) is 0 Å². The Morgan fingerprint density at radius 3 is 2.18 bits per heavy atom. The average molecular weight is 231 g/mol. The van der Waals surface area contributed by atoms with Gasteiger partial charge in [0.25, 0.3) is 0 Å². The van der Waals surface area contributed by atoms with E-state index in [2.05, 4.69) is 45.9 Å². The third kappa shape index (κ3) is 2.40. The zero-order valence-electron chi connectivity index (χ0n) is 11.6. The number of hydrogen-bond acceptors (Lipinski definition) is 1. The summed E-state index contributed by atoms with van der Waals surface area (Å²) in [6.45, 7) is 9.10. The van der Waals surface area contributed by atoms with Crippen LogP contribution in [0.3, 0.4) is 0 Å². The van der Waals surface area contributed by atoms with E-state index < -0.39 is 0 Å². The van der Waals surface area contributed by atoms with Crippen molar-refractivity contribution in [3.05, 3.63) is 34.9 Å². The first-order valence-electron chi connectivity index (χ1n) is 6.70. The second-order valence-electron chi connectivity index (χ2n) is 6.57. The molecule has 0 aliphatic heterocycles. The van der Waals surface area contributed by atoms with Crippen LogP contribution in [0.25, 0.3) is 0 Å². The summed E-state index contributed by atoms with van der Waals surface area (Å²) >= 11 is 0. The lowest BCUT2D eigenvalue weighted by molar-refractivity contribution is 0.165. The largest absolute Gasteiger partial charge is 0.321 e. The summed E-state index contributed by atoms with van der Waals surface area (Å²) < 4.78 is 0. The monoisotopic (exact) mass is 231 g/mol. The smallest absolute Gasteiger partial charge is 0.0412 e. The van der Waals surface area contributed by atoms with Crippen molar-refractivity contribution in [1.29, 1.82) is 0 Å². The molecule has 17 heavy (non-hydrogen) atoms. The van der Waals surface area contributed by atoms with Crippen LogP contribution in [-0.2, 0) is 5.54 Å². The van der Waals surface area contributed by atoms with Gasteiger partial charge in [-0.1, -0.05) is 32.0 Å². The van der Waals surface area contributed by atoms with E-state index in [4.69, 9.17) is 5.73 Å². The van der Waals surface area contributed by atoms with Gasteiger partial charge in [-0.3, -0.25) is 0 Å². The predicted molar refractivity (Wildman–Crippen MR) is 74.0 cm³/mol. The van der Waals surface area contributed by atoms with Crippen LogP contribution < -0.4 is 5.73 Å². The molecule has 1 fully saturated rings. The molecule has 2 rings (SSSR count). The fourth-order valence-corrected chi connectivity index (χ4v) is 2.93. The SMILES string of the molecule is Cc1cccc(C2(N)CCC(C)(C)CC2)c1C. The van der Waals surface area contributed by atoms with Crippen LogP contribution in [0.4, 0.5) is 0 Å². The van der Waals surface area contributed by atoms with Gasteiger partial charge < -0.3 is 5.73 Å². The second kappa shape index (κ2) is 4.13. The summed E-state index contributed by atoms with van der Waals surface area (Å²) in [7, 11) is 0. The third-order valence-corrected chi connectivity index (χ3v) is 4.64. The second-order valence-corrected chi connectivity index (χ2v) is 6.57. The maximum Gasteiger partial charge on any atom is 0.0412 e. The highest BCUT2D eigenvalue weighted by Gasteiger charge is 2.37. The fraction of sp³-hybridized carbons (Fsp3) is 0.625. The molecule has 0 atom stereocenters. The number of rotatable bonds is 1. The van der Waals surface area contributed by atoms with Gasteiger partial charge in [-0.05, 0) is 61.6 Å². The molecule has 0 bridgehead atoms. The number of nitrogens with two attached hydrogens (primary N) is 1. The summed E-state index contributed by atoms with van der Waals surface area (Å²) in [6.07, 6.45) is 4.70. The lowest BCUT2D eigenvalue weighted by atomic mass is 9.66.